The van der Waals surface area contributed by atoms with Gasteiger partial charge in [0.15, 0.2) is 5.78 Å². The quantitative estimate of drug-likeness (QED) is 0.565. The van der Waals surface area contributed by atoms with Crippen LogP contribution in [-0.2, 0) is 9.47 Å². The Morgan fingerprint density at radius 1 is 1.03 bits per heavy atom. The van der Waals surface area contributed by atoms with Crippen LogP contribution in [0.15, 0.2) is 18.5 Å². The first-order chi connectivity index (χ1) is 15.2. The van der Waals surface area contributed by atoms with Gasteiger partial charge in [-0.25, -0.2) is 14.2 Å². The van der Waals surface area contributed by atoms with Crippen molar-refractivity contribution in [3.8, 4) is 0 Å². The molecule has 2 aromatic heterocycles. The molecule has 0 saturated carbocycles. The van der Waals surface area contributed by atoms with Gasteiger partial charge in [-0.2, -0.15) is 0 Å². The van der Waals surface area contributed by atoms with E-state index in [0.29, 0.717) is 41.5 Å². The largest absolute Gasteiger partial charge is 0.444 e. The number of pyridine rings is 1. The Labute approximate surface area is 195 Å². The fourth-order valence-corrected chi connectivity index (χ4v) is 4.32. The Kier molecular flexibility index (Phi) is 6.60. The first kappa shape index (κ1) is 24.7. The Morgan fingerprint density at radius 2 is 1.64 bits per heavy atom. The summed E-state index contributed by atoms with van der Waals surface area (Å²) in [5.74, 6) is -0.287. The lowest BCUT2D eigenvalue weighted by atomic mass is 9.85. The number of carbonyl (C=O) groups is 3. The van der Waals surface area contributed by atoms with E-state index in [-0.39, 0.29) is 23.8 Å². The van der Waals surface area contributed by atoms with Gasteiger partial charge in [0.2, 0.25) is 0 Å². The van der Waals surface area contributed by atoms with E-state index in [0.717, 1.165) is 0 Å². The zero-order chi connectivity index (χ0) is 24.7. The van der Waals surface area contributed by atoms with Crippen LogP contribution in [0.1, 0.15) is 77.4 Å². The van der Waals surface area contributed by atoms with Crippen molar-refractivity contribution in [1.29, 1.82) is 0 Å². The molecule has 8 heteroatoms. The van der Waals surface area contributed by atoms with Gasteiger partial charge in [-0.05, 0) is 74.3 Å². The molecule has 0 unspecified atom stereocenters. The number of likely N-dealkylation sites (tertiary alicyclic amines) is 1. The molecule has 2 aromatic rings. The lowest BCUT2D eigenvalue weighted by Gasteiger charge is -2.37. The molecule has 1 saturated heterocycles. The standard InChI is InChI=1S/C25H35N3O5/c1-15-13-17(10-12-27(15)22(30)32-24(3,4)5)21(29)20-16(2)28(23(31)33-25(6,7)8)19-14-26-11-9-18(19)20/h9,11,14-15,17H,10,12-13H2,1-8H3/t15-,17-/m1/s1. The van der Waals surface area contributed by atoms with Crippen molar-refractivity contribution in [3.05, 3.63) is 29.7 Å². The third kappa shape index (κ3) is 5.37. The average Bonchev–Trinajstić information content (AvgIpc) is 2.96. The molecular formula is C25H35N3O5. The number of aromatic nitrogens is 2. The van der Waals surface area contributed by atoms with E-state index in [4.69, 9.17) is 9.47 Å². The average molecular weight is 458 g/mol. The smallest absolute Gasteiger partial charge is 0.419 e. The Hall–Kier alpha value is -2.90. The van der Waals surface area contributed by atoms with Gasteiger partial charge in [0.25, 0.3) is 0 Å². The van der Waals surface area contributed by atoms with Crippen molar-refractivity contribution < 1.29 is 23.9 Å². The second-order valence-electron chi connectivity index (χ2n) is 10.8. The molecule has 33 heavy (non-hydrogen) atoms. The summed E-state index contributed by atoms with van der Waals surface area (Å²) in [5, 5.41) is 0.681. The van der Waals surface area contributed by atoms with E-state index in [2.05, 4.69) is 4.98 Å². The van der Waals surface area contributed by atoms with Crippen molar-refractivity contribution in [2.45, 2.75) is 85.5 Å². The van der Waals surface area contributed by atoms with E-state index in [1.54, 1.807) is 51.1 Å². The zero-order valence-electron chi connectivity index (χ0n) is 20.9. The summed E-state index contributed by atoms with van der Waals surface area (Å²) in [6.45, 7) is 15.1. The summed E-state index contributed by atoms with van der Waals surface area (Å²) < 4.78 is 12.5. The number of rotatable bonds is 2. The minimum atomic E-state index is -0.670. The molecule has 180 valence electrons. The van der Waals surface area contributed by atoms with E-state index in [1.165, 1.54) is 4.57 Å². The number of amides is 1. The van der Waals surface area contributed by atoms with Gasteiger partial charge in [-0.3, -0.25) is 9.78 Å². The topological polar surface area (TPSA) is 90.7 Å². The minimum absolute atomic E-state index is 0.0262. The highest BCUT2D eigenvalue weighted by molar-refractivity contribution is 6.12. The van der Waals surface area contributed by atoms with Gasteiger partial charge in [0.05, 0.1) is 11.7 Å². The van der Waals surface area contributed by atoms with Gasteiger partial charge in [-0.1, -0.05) is 0 Å². The molecular weight excluding hydrogens is 422 g/mol. The van der Waals surface area contributed by atoms with Crippen molar-refractivity contribution in [2.75, 3.05) is 6.54 Å². The lowest BCUT2D eigenvalue weighted by Crippen LogP contribution is -2.48. The van der Waals surface area contributed by atoms with E-state index in [1.807, 2.05) is 27.7 Å². The molecule has 0 bridgehead atoms. The van der Waals surface area contributed by atoms with Crippen LogP contribution < -0.4 is 0 Å². The molecule has 0 radical (unpaired) electrons. The normalized spacial score (nSPS) is 19.5. The number of hydrogen-bond donors (Lipinski definition) is 0. The fourth-order valence-electron chi connectivity index (χ4n) is 4.32. The molecule has 0 aliphatic carbocycles. The highest BCUT2D eigenvalue weighted by Crippen LogP contribution is 2.33. The second-order valence-corrected chi connectivity index (χ2v) is 10.8. The highest BCUT2D eigenvalue weighted by Gasteiger charge is 2.37. The predicted octanol–water partition coefficient (Wildman–Crippen LogP) is 5.35. The monoisotopic (exact) mass is 457 g/mol. The Balaban J connectivity index is 1.89. The first-order valence-corrected chi connectivity index (χ1v) is 11.4. The number of piperidine rings is 1. The second kappa shape index (κ2) is 8.80. The molecule has 8 nitrogen and oxygen atoms in total. The highest BCUT2D eigenvalue weighted by atomic mass is 16.6. The van der Waals surface area contributed by atoms with Crippen molar-refractivity contribution >= 4 is 28.9 Å². The van der Waals surface area contributed by atoms with Gasteiger partial charge in [0.1, 0.15) is 11.2 Å². The van der Waals surface area contributed by atoms with Gasteiger partial charge in [0, 0.05) is 41.3 Å². The molecule has 0 spiro atoms. The predicted molar refractivity (Wildman–Crippen MR) is 126 cm³/mol. The van der Waals surface area contributed by atoms with Crippen LogP contribution in [0, 0.1) is 12.8 Å². The van der Waals surface area contributed by atoms with Crippen molar-refractivity contribution in [2.24, 2.45) is 5.92 Å². The van der Waals surface area contributed by atoms with Crippen LogP contribution in [0.5, 0.6) is 0 Å². The molecule has 2 atom stereocenters. The van der Waals surface area contributed by atoms with Gasteiger partial charge >= 0.3 is 12.2 Å². The maximum atomic E-state index is 13.7. The van der Waals surface area contributed by atoms with Crippen molar-refractivity contribution in [1.82, 2.24) is 14.5 Å². The number of fused-ring (bicyclic) bond motifs is 1. The third-order valence-corrected chi connectivity index (χ3v) is 5.70. The summed E-state index contributed by atoms with van der Waals surface area (Å²) in [4.78, 5) is 45.0. The third-order valence-electron chi connectivity index (χ3n) is 5.70. The maximum Gasteiger partial charge on any atom is 0.419 e. The number of ketones is 1. The van der Waals surface area contributed by atoms with E-state index < -0.39 is 17.3 Å². The SMILES string of the molecule is Cc1c(C(=O)[C@@H]2CCN(C(=O)OC(C)(C)C)[C@H](C)C2)c2ccncc2n1C(=O)OC(C)(C)C. The molecule has 1 amide bonds. The van der Waals surface area contributed by atoms with Crippen LogP contribution in [0.25, 0.3) is 10.9 Å². The number of nitrogens with zero attached hydrogens (tertiary/aromatic N) is 3. The minimum Gasteiger partial charge on any atom is -0.444 e. The van der Waals surface area contributed by atoms with E-state index >= 15 is 0 Å². The molecule has 1 aliphatic rings. The van der Waals surface area contributed by atoms with Crippen LogP contribution in [-0.4, -0.2) is 56.2 Å². The molecule has 1 fully saturated rings. The Morgan fingerprint density at radius 3 is 2.21 bits per heavy atom. The van der Waals surface area contributed by atoms with Crippen LogP contribution in [0.4, 0.5) is 9.59 Å². The lowest BCUT2D eigenvalue weighted by molar-refractivity contribution is 0.00732. The molecule has 0 aromatic carbocycles. The number of ether oxygens (including phenoxy) is 2. The van der Waals surface area contributed by atoms with Crippen LogP contribution in [0.2, 0.25) is 0 Å². The van der Waals surface area contributed by atoms with Crippen LogP contribution >= 0.6 is 0 Å². The first-order valence-electron chi connectivity index (χ1n) is 11.4. The molecule has 3 heterocycles. The number of carbonyl (C=O) groups excluding carboxylic acids is 3. The fraction of sp³-hybridized carbons (Fsp3) is 0.600. The number of Topliss-reactive ketones (excluding diaryl/α,β-unsaturated/α-hetero) is 1. The van der Waals surface area contributed by atoms with Gasteiger partial charge < -0.3 is 14.4 Å². The van der Waals surface area contributed by atoms with Crippen molar-refractivity contribution in [3.63, 3.8) is 0 Å². The maximum absolute atomic E-state index is 13.7. The van der Waals surface area contributed by atoms with Gasteiger partial charge in [-0.15, -0.1) is 0 Å². The summed E-state index contributed by atoms with van der Waals surface area (Å²) >= 11 is 0. The summed E-state index contributed by atoms with van der Waals surface area (Å²) in [6, 6.07) is 1.62. The molecule has 3 rings (SSSR count). The Bertz CT molecular complexity index is 1070. The summed E-state index contributed by atoms with van der Waals surface area (Å²) in [5.41, 5.74) is 0.363. The summed E-state index contributed by atoms with van der Waals surface area (Å²) in [7, 11) is 0. The zero-order valence-corrected chi connectivity index (χ0v) is 20.9. The molecule has 1 aliphatic heterocycles. The van der Waals surface area contributed by atoms with E-state index in [9.17, 15) is 14.4 Å². The molecule has 0 N–H and O–H groups in total. The summed E-state index contributed by atoms with van der Waals surface area (Å²) in [6.07, 6.45) is 3.37. The van der Waals surface area contributed by atoms with Crippen LogP contribution in [0.3, 0.4) is 0 Å². The number of hydrogen-bond acceptors (Lipinski definition) is 6.